The summed E-state index contributed by atoms with van der Waals surface area (Å²) in [5, 5.41) is 9.76. The number of carbonyl (C=O) groups excluding carboxylic acids is 1. The number of nitrogens with zero attached hydrogens (tertiary/aromatic N) is 1. The Morgan fingerprint density at radius 3 is 2.95 bits per heavy atom. The molecule has 2 N–H and O–H groups in total. The van der Waals surface area contributed by atoms with E-state index in [0.717, 1.165) is 29.8 Å². The fourth-order valence-electron chi connectivity index (χ4n) is 2.03. The van der Waals surface area contributed by atoms with Gasteiger partial charge in [0, 0.05) is 17.3 Å². The van der Waals surface area contributed by atoms with Crippen LogP contribution in [0.2, 0.25) is 0 Å². The summed E-state index contributed by atoms with van der Waals surface area (Å²) in [6, 6.07) is 9.36. The Bertz CT molecular complexity index is 578. The molecule has 0 atom stereocenters. The predicted octanol–water partition coefficient (Wildman–Crippen LogP) is 2.55. The molecule has 1 amide bonds. The van der Waals surface area contributed by atoms with E-state index in [2.05, 4.69) is 22.4 Å². The topological polar surface area (TPSA) is 67.0 Å². The molecule has 5 heteroatoms. The number of hydrogen-bond acceptors (Lipinski definition) is 3. The van der Waals surface area contributed by atoms with Gasteiger partial charge in [0.2, 0.25) is 5.91 Å². The van der Waals surface area contributed by atoms with Gasteiger partial charge in [-0.25, -0.2) is 0 Å². The SMILES string of the molecule is CCCc1cc(NC(=O)Cc2ccccc2OC)n[nH]1. The Morgan fingerprint density at radius 2 is 2.20 bits per heavy atom. The average Bonchev–Trinajstić information content (AvgIpc) is 2.87. The first kappa shape index (κ1) is 14.1. The van der Waals surface area contributed by atoms with Crippen LogP contribution >= 0.6 is 0 Å². The van der Waals surface area contributed by atoms with Crippen molar-refractivity contribution in [1.82, 2.24) is 10.2 Å². The minimum atomic E-state index is -0.107. The molecule has 0 radical (unpaired) electrons. The summed E-state index contributed by atoms with van der Waals surface area (Å²) in [6.07, 6.45) is 2.23. The van der Waals surface area contributed by atoms with Crippen LogP contribution in [0.15, 0.2) is 30.3 Å². The number of H-pyrrole nitrogens is 1. The molecule has 0 fully saturated rings. The number of nitrogens with one attached hydrogen (secondary N) is 2. The van der Waals surface area contributed by atoms with E-state index in [0.29, 0.717) is 5.82 Å². The molecule has 1 aromatic heterocycles. The zero-order valence-electron chi connectivity index (χ0n) is 11.8. The third-order valence-corrected chi connectivity index (χ3v) is 2.96. The number of aromatic nitrogens is 2. The summed E-state index contributed by atoms with van der Waals surface area (Å²) < 4.78 is 5.23. The highest BCUT2D eigenvalue weighted by Crippen LogP contribution is 2.18. The van der Waals surface area contributed by atoms with Gasteiger partial charge in [-0.2, -0.15) is 5.10 Å². The van der Waals surface area contributed by atoms with E-state index in [1.807, 2.05) is 30.3 Å². The van der Waals surface area contributed by atoms with Crippen LogP contribution in [0, 0.1) is 0 Å². The van der Waals surface area contributed by atoms with Gasteiger partial charge >= 0.3 is 0 Å². The summed E-state index contributed by atoms with van der Waals surface area (Å²) in [4.78, 5) is 12.0. The van der Waals surface area contributed by atoms with Gasteiger partial charge in [0.25, 0.3) is 0 Å². The van der Waals surface area contributed by atoms with Gasteiger partial charge < -0.3 is 10.1 Å². The fraction of sp³-hybridized carbons (Fsp3) is 0.333. The molecule has 0 unspecified atom stereocenters. The summed E-state index contributed by atoms with van der Waals surface area (Å²) in [5.41, 5.74) is 1.89. The molecule has 0 saturated heterocycles. The van der Waals surface area contributed by atoms with Crippen molar-refractivity contribution in [2.75, 3.05) is 12.4 Å². The van der Waals surface area contributed by atoms with Crippen molar-refractivity contribution in [3.63, 3.8) is 0 Å². The maximum absolute atomic E-state index is 12.0. The second-order valence-electron chi connectivity index (χ2n) is 4.57. The lowest BCUT2D eigenvalue weighted by atomic mass is 10.1. The van der Waals surface area contributed by atoms with Crippen molar-refractivity contribution >= 4 is 11.7 Å². The van der Waals surface area contributed by atoms with E-state index < -0.39 is 0 Å². The third-order valence-electron chi connectivity index (χ3n) is 2.96. The minimum absolute atomic E-state index is 0.107. The zero-order valence-corrected chi connectivity index (χ0v) is 11.8. The number of aryl methyl sites for hydroxylation is 1. The van der Waals surface area contributed by atoms with Gasteiger partial charge in [-0.05, 0) is 12.5 Å². The lowest BCUT2D eigenvalue weighted by Crippen LogP contribution is -2.15. The van der Waals surface area contributed by atoms with Crippen LogP contribution in [0.25, 0.3) is 0 Å². The first-order valence-electron chi connectivity index (χ1n) is 6.69. The second-order valence-corrected chi connectivity index (χ2v) is 4.57. The van der Waals surface area contributed by atoms with Gasteiger partial charge in [0.05, 0.1) is 13.5 Å². The number of aromatic amines is 1. The van der Waals surface area contributed by atoms with E-state index in [4.69, 9.17) is 4.74 Å². The third kappa shape index (κ3) is 3.60. The quantitative estimate of drug-likeness (QED) is 0.850. The fourth-order valence-corrected chi connectivity index (χ4v) is 2.03. The van der Waals surface area contributed by atoms with Gasteiger partial charge in [-0.15, -0.1) is 0 Å². The standard InChI is InChI=1S/C15H19N3O2/c1-3-6-12-10-14(18-17-12)16-15(19)9-11-7-4-5-8-13(11)20-2/h4-5,7-8,10H,3,6,9H2,1-2H3,(H2,16,17,18,19). The lowest BCUT2D eigenvalue weighted by molar-refractivity contribution is -0.115. The van der Waals surface area contributed by atoms with Crippen LogP contribution in [0.4, 0.5) is 5.82 Å². The Morgan fingerprint density at radius 1 is 1.40 bits per heavy atom. The predicted molar refractivity (Wildman–Crippen MR) is 77.9 cm³/mol. The summed E-state index contributed by atoms with van der Waals surface area (Å²) in [6.45, 7) is 2.10. The molecule has 2 rings (SSSR count). The molecule has 0 saturated carbocycles. The summed E-state index contributed by atoms with van der Waals surface area (Å²) in [7, 11) is 1.60. The van der Waals surface area contributed by atoms with Crippen LogP contribution in [0.5, 0.6) is 5.75 Å². The Hall–Kier alpha value is -2.30. The molecule has 0 bridgehead atoms. The van der Waals surface area contributed by atoms with E-state index in [1.165, 1.54) is 0 Å². The number of hydrogen-bond donors (Lipinski definition) is 2. The highest BCUT2D eigenvalue weighted by molar-refractivity contribution is 5.91. The molecule has 106 valence electrons. The number of ether oxygens (including phenoxy) is 1. The van der Waals surface area contributed by atoms with Crippen LogP contribution in [0.1, 0.15) is 24.6 Å². The Labute approximate surface area is 118 Å². The highest BCUT2D eigenvalue weighted by atomic mass is 16.5. The molecule has 5 nitrogen and oxygen atoms in total. The Balaban J connectivity index is 1.97. The molecule has 0 spiro atoms. The summed E-state index contributed by atoms with van der Waals surface area (Å²) >= 11 is 0. The van der Waals surface area contributed by atoms with Gasteiger partial charge in [0.1, 0.15) is 5.75 Å². The molecule has 1 heterocycles. The minimum Gasteiger partial charge on any atom is -0.496 e. The normalized spacial score (nSPS) is 10.3. The highest BCUT2D eigenvalue weighted by Gasteiger charge is 2.10. The molecule has 0 aliphatic heterocycles. The number of amides is 1. The van der Waals surface area contributed by atoms with Crippen molar-refractivity contribution in [2.24, 2.45) is 0 Å². The molecular weight excluding hydrogens is 254 g/mol. The average molecular weight is 273 g/mol. The van der Waals surface area contributed by atoms with Crippen LogP contribution in [0.3, 0.4) is 0 Å². The molecule has 0 aliphatic rings. The van der Waals surface area contributed by atoms with E-state index in [9.17, 15) is 4.79 Å². The molecule has 1 aromatic carbocycles. The van der Waals surface area contributed by atoms with E-state index in [-0.39, 0.29) is 12.3 Å². The lowest BCUT2D eigenvalue weighted by Gasteiger charge is -2.07. The first-order chi connectivity index (χ1) is 9.72. The van der Waals surface area contributed by atoms with Crippen LogP contribution in [-0.4, -0.2) is 23.2 Å². The second kappa shape index (κ2) is 6.75. The maximum atomic E-state index is 12.0. The van der Waals surface area contributed by atoms with Crippen molar-refractivity contribution in [2.45, 2.75) is 26.2 Å². The molecule has 2 aromatic rings. The van der Waals surface area contributed by atoms with Gasteiger partial charge in [-0.1, -0.05) is 31.5 Å². The zero-order chi connectivity index (χ0) is 14.4. The number of methoxy groups -OCH3 is 1. The number of para-hydroxylation sites is 1. The summed E-state index contributed by atoms with van der Waals surface area (Å²) in [5.74, 6) is 1.17. The molecule has 0 aliphatic carbocycles. The van der Waals surface area contributed by atoms with Crippen molar-refractivity contribution < 1.29 is 9.53 Å². The van der Waals surface area contributed by atoms with Gasteiger partial charge in [0.15, 0.2) is 5.82 Å². The largest absolute Gasteiger partial charge is 0.496 e. The van der Waals surface area contributed by atoms with E-state index in [1.54, 1.807) is 7.11 Å². The monoisotopic (exact) mass is 273 g/mol. The van der Waals surface area contributed by atoms with Crippen LogP contribution < -0.4 is 10.1 Å². The number of rotatable bonds is 6. The Kier molecular flexibility index (Phi) is 4.76. The maximum Gasteiger partial charge on any atom is 0.230 e. The number of anilines is 1. The van der Waals surface area contributed by atoms with Gasteiger partial charge in [-0.3, -0.25) is 9.89 Å². The smallest absolute Gasteiger partial charge is 0.230 e. The van der Waals surface area contributed by atoms with Crippen LogP contribution in [-0.2, 0) is 17.6 Å². The molecule has 20 heavy (non-hydrogen) atoms. The molecular formula is C15H19N3O2. The van der Waals surface area contributed by atoms with Crippen molar-refractivity contribution in [1.29, 1.82) is 0 Å². The first-order valence-corrected chi connectivity index (χ1v) is 6.69. The number of benzene rings is 1. The number of carbonyl (C=O) groups is 1. The van der Waals surface area contributed by atoms with Crippen molar-refractivity contribution in [3.8, 4) is 5.75 Å². The van der Waals surface area contributed by atoms with E-state index >= 15 is 0 Å². The van der Waals surface area contributed by atoms with Crippen molar-refractivity contribution in [3.05, 3.63) is 41.6 Å².